The summed E-state index contributed by atoms with van der Waals surface area (Å²) >= 11 is 0. The molecule has 0 aromatic carbocycles. The summed E-state index contributed by atoms with van der Waals surface area (Å²) in [5.74, 6) is 1.48. The molecule has 0 bridgehead atoms. The van der Waals surface area contributed by atoms with Crippen LogP contribution >= 0.6 is 0 Å². The van der Waals surface area contributed by atoms with Gasteiger partial charge in [0.25, 0.3) is 0 Å². The second-order valence-electron chi connectivity index (χ2n) is 3.55. The van der Waals surface area contributed by atoms with E-state index in [1.807, 2.05) is 19.1 Å². The van der Waals surface area contributed by atoms with Gasteiger partial charge in [0.2, 0.25) is 0 Å². The lowest BCUT2D eigenvalue weighted by atomic mass is 10.3. The Morgan fingerprint density at radius 1 is 1.24 bits per heavy atom. The van der Waals surface area contributed by atoms with Gasteiger partial charge < -0.3 is 5.32 Å². The van der Waals surface area contributed by atoms with Crippen molar-refractivity contribution in [2.75, 3.05) is 11.9 Å². The molecule has 0 saturated carbocycles. The van der Waals surface area contributed by atoms with Gasteiger partial charge in [0.05, 0.1) is 0 Å². The fourth-order valence-corrected chi connectivity index (χ4v) is 1.49. The van der Waals surface area contributed by atoms with E-state index in [9.17, 15) is 0 Å². The standard InChI is InChI=1S/C12H15N5/c1-3-9-7-11(14-4-2)17-12(16-9)10-5-6-13-8-15-10/h5-8H,3-4H2,1-2H3,(H,14,16,17). The first-order valence-corrected chi connectivity index (χ1v) is 5.71. The molecule has 17 heavy (non-hydrogen) atoms. The van der Waals surface area contributed by atoms with Crippen molar-refractivity contribution < 1.29 is 0 Å². The van der Waals surface area contributed by atoms with Gasteiger partial charge in [-0.2, -0.15) is 0 Å². The molecule has 0 aliphatic heterocycles. The average Bonchev–Trinajstić information content (AvgIpc) is 2.40. The summed E-state index contributed by atoms with van der Waals surface area (Å²) in [4.78, 5) is 16.9. The fraction of sp³-hybridized carbons (Fsp3) is 0.333. The predicted molar refractivity (Wildman–Crippen MR) is 66.6 cm³/mol. The Balaban J connectivity index is 2.43. The number of aromatic nitrogens is 4. The molecule has 0 aliphatic carbocycles. The quantitative estimate of drug-likeness (QED) is 0.867. The number of hydrogen-bond donors (Lipinski definition) is 1. The van der Waals surface area contributed by atoms with Gasteiger partial charge in [-0.05, 0) is 19.4 Å². The largest absolute Gasteiger partial charge is 0.370 e. The summed E-state index contributed by atoms with van der Waals surface area (Å²) in [5.41, 5.74) is 1.75. The van der Waals surface area contributed by atoms with Crippen molar-refractivity contribution in [1.82, 2.24) is 19.9 Å². The van der Waals surface area contributed by atoms with Crippen molar-refractivity contribution in [3.05, 3.63) is 30.4 Å². The Morgan fingerprint density at radius 2 is 2.12 bits per heavy atom. The van der Waals surface area contributed by atoms with E-state index in [0.717, 1.165) is 30.2 Å². The van der Waals surface area contributed by atoms with Crippen LogP contribution in [-0.2, 0) is 6.42 Å². The summed E-state index contributed by atoms with van der Waals surface area (Å²) in [6.45, 7) is 4.95. The molecule has 0 spiro atoms. The summed E-state index contributed by atoms with van der Waals surface area (Å²) in [6, 6.07) is 3.78. The fourth-order valence-electron chi connectivity index (χ4n) is 1.49. The van der Waals surface area contributed by atoms with Crippen LogP contribution in [0.15, 0.2) is 24.7 Å². The van der Waals surface area contributed by atoms with E-state index in [2.05, 4.69) is 32.2 Å². The van der Waals surface area contributed by atoms with Crippen molar-refractivity contribution in [2.24, 2.45) is 0 Å². The minimum Gasteiger partial charge on any atom is -0.370 e. The van der Waals surface area contributed by atoms with Crippen LogP contribution in [0.5, 0.6) is 0 Å². The first-order chi connectivity index (χ1) is 8.33. The Hall–Kier alpha value is -2.04. The molecule has 0 unspecified atom stereocenters. The maximum atomic E-state index is 4.46. The summed E-state index contributed by atoms with van der Waals surface area (Å²) in [6.07, 6.45) is 4.07. The Morgan fingerprint density at radius 3 is 2.76 bits per heavy atom. The molecule has 5 nitrogen and oxygen atoms in total. The lowest BCUT2D eigenvalue weighted by molar-refractivity contribution is 0.988. The number of nitrogens with one attached hydrogen (secondary N) is 1. The Kier molecular flexibility index (Phi) is 3.59. The van der Waals surface area contributed by atoms with Gasteiger partial charge in [0.1, 0.15) is 17.8 Å². The van der Waals surface area contributed by atoms with Crippen LogP contribution in [0.4, 0.5) is 5.82 Å². The van der Waals surface area contributed by atoms with E-state index >= 15 is 0 Å². The van der Waals surface area contributed by atoms with E-state index in [1.165, 1.54) is 6.33 Å². The van der Waals surface area contributed by atoms with Crippen LogP contribution in [0.2, 0.25) is 0 Å². The highest BCUT2D eigenvalue weighted by atomic mass is 15.0. The van der Waals surface area contributed by atoms with Crippen molar-refractivity contribution in [3.8, 4) is 11.5 Å². The lowest BCUT2D eigenvalue weighted by Crippen LogP contribution is -2.04. The van der Waals surface area contributed by atoms with Gasteiger partial charge in [-0.15, -0.1) is 0 Å². The van der Waals surface area contributed by atoms with Crippen molar-refractivity contribution in [2.45, 2.75) is 20.3 Å². The highest BCUT2D eigenvalue weighted by Crippen LogP contribution is 2.15. The first kappa shape index (κ1) is 11.4. The zero-order valence-electron chi connectivity index (χ0n) is 10.0. The van der Waals surface area contributed by atoms with Crippen LogP contribution < -0.4 is 5.32 Å². The Labute approximate surface area is 100 Å². The van der Waals surface area contributed by atoms with E-state index in [0.29, 0.717) is 5.82 Å². The van der Waals surface area contributed by atoms with Crippen molar-refractivity contribution in [1.29, 1.82) is 0 Å². The summed E-state index contributed by atoms with van der Waals surface area (Å²) in [7, 11) is 0. The second-order valence-corrected chi connectivity index (χ2v) is 3.55. The number of rotatable bonds is 4. The van der Waals surface area contributed by atoms with Crippen LogP contribution in [0.25, 0.3) is 11.5 Å². The van der Waals surface area contributed by atoms with Gasteiger partial charge in [-0.1, -0.05) is 6.92 Å². The number of nitrogens with zero attached hydrogens (tertiary/aromatic N) is 4. The van der Waals surface area contributed by atoms with Crippen LogP contribution in [0.3, 0.4) is 0 Å². The third-order valence-corrected chi connectivity index (χ3v) is 2.31. The zero-order valence-corrected chi connectivity index (χ0v) is 10.0. The molecule has 0 amide bonds. The molecule has 2 heterocycles. The SMILES string of the molecule is CCNc1cc(CC)nc(-c2ccncn2)n1. The molecule has 0 saturated heterocycles. The van der Waals surface area contributed by atoms with E-state index in [-0.39, 0.29) is 0 Å². The van der Waals surface area contributed by atoms with E-state index < -0.39 is 0 Å². The second kappa shape index (κ2) is 5.34. The zero-order chi connectivity index (χ0) is 12.1. The van der Waals surface area contributed by atoms with Gasteiger partial charge in [-0.3, -0.25) is 0 Å². The minimum atomic E-state index is 0.641. The highest BCUT2D eigenvalue weighted by Gasteiger charge is 2.06. The molecule has 0 atom stereocenters. The van der Waals surface area contributed by atoms with E-state index in [1.54, 1.807) is 6.20 Å². The molecule has 0 fully saturated rings. The number of aryl methyl sites for hydroxylation is 1. The van der Waals surface area contributed by atoms with Gasteiger partial charge >= 0.3 is 0 Å². The average molecular weight is 229 g/mol. The number of anilines is 1. The molecular weight excluding hydrogens is 214 g/mol. The van der Waals surface area contributed by atoms with Crippen LogP contribution in [-0.4, -0.2) is 26.5 Å². The molecule has 2 rings (SSSR count). The summed E-state index contributed by atoms with van der Waals surface area (Å²) < 4.78 is 0. The first-order valence-electron chi connectivity index (χ1n) is 5.71. The third-order valence-electron chi connectivity index (χ3n) is 2.31. The maximum Gasteiger partial charge on any atom is 0.180 e. The van der Waals surface area contributed by atoms with Crippen LogP contribution in [0, 0.1) is 0 Å². The molecular formula is C12H15N5. The molecule has 0 radical (unpaired) electrons. The molecule has 2 aromatic heterocycles. The van der Waals surface area contributed by atoms with Gasteiger partial charge in [0, 0.05) is 24.5 Å². The highest BCUT2D eigenvalue weighted by molar-refractivity contribution is 5.52. The van der Waals surface area contributed by atoms with Crippen molar-refractivity contribution in [3.63, 3.8) is 0 Å². The lowest BCUT2D eigenvalue weighted by Gasteiger charge is -2.07. The van der Waals surface area contributed by atoms with Crippen molar-refractivity contribution >= 4 is 5.82 Å². The minimum absolute atomic E-state index is 0.641. The topological polar surface area (TPSA) is 63.6 Å². The van der Waals surface area contributed by atoms with Crippen LogP contribution in [0.1, 0.15) is 19.5 Å². The van der Waals surface area contributed by atoms with Gasteiger partial charge in [0.15, 0.2) is 5.82 Å². The predicted octanol–water partition coefficient (Wildman–Crippen LogP) is 1.93. The van der Waals surface area contributed by atoms with E-state index in [4.69, 9.17) is 0 Å². The molecule has 0 aliphatic rings. The molecule has 88 valence electrons. The smallest absolute Gasteiger partial charge is 0.180 e. The normalized spacial score (nSPS) is 10.2. The molecule has 1 N–H and O–H groups in total. The number of hydrogen-bond acceptors (Lipinski definition) is 5. The molecule has 5 heteroatoms. The molecule has 2 aromatic rings. The third kappa shape index (κ3) is 2.75. The van der Waals surface area contributed by atoms with Gasteiger partial charge in [-0.25, -0.2) is 19.9 Å². The monoisotopic (exact) mass is 229 g/mol. The summed E-state index contributed by atoms with van der Waals surface area (Å²) in [5, 5.41) is 3.20. The Bertz CT molecular complexity index is 484. The maximum absolute atomic E-state index is 4.46.